The number of hydrogen-bond donors (Lipinski definition) is 0. The second-order valence-corrected chi connectivity index (χ2v) is 9.05. The Morgan fingerprint density at radius 3 is 1.93 bits per heavy atom. The fourth-order valence-corrected chi connectivity index (χ4v) is 5.29. The molecule has 3 aromatic carbocycles. The summed E-state index contributed by atoms with van der Waals surface area (Å²) in [4.78, 5) is 13.0. The highest BCUT2D eigenvalue weighted by atomic mass is 79.9. The lowest BCUT2D eigenvalue weighted by Crippen LogP contribution is -2.37. The van der Waals surface area contributed by atoms with Crippen LogP contribution in [-0.2, 0) is 10.2 Å². The monoisotopic (exact) mass is 502 g/mol. The second kappa shape index (κ2) is 7.08. The SMILES string of the molecule is O=C1C=C(Br)C=C2C1=Cc1ccc(Br)cc1C2(c1ccccc1)c1ccccc1. The van der Waals surface area contributed by atoms with Crippen molar-refractivity contribution in [1.29, 1.82) is 0 Å². The van der Waals surface area contributed by atoms with Crippen molar-refractivity contribution in [3.05, 3.63) is 133 Å². The first kappa shape index (κ1) is 18.5. The van der Waals surface area contributed by atoms with Gasteiger partial charge in [0.15, 0.2) is 5.78 Å². The largest absolute Gasteiger partial charge is 0.289 e. The van der Waals surface area contributed by atoms with E-state index in [2.05, 4.69) is 98.6 Å². The number of benzene rings is 3. The van der Waals surface area contributed by atoms with E-state index in [0.29, 0.717) is 0 Å². The molecule has 140 valence electrons. The molecule has 0 spiro atoms. The Morgan fingerprint density at radius 1 is 0.690 bits per heavy atom. The Balaban J connectivity index is 1.99. The minimum absolute atomic E-state index is 0.0270. The van der Waals surface area contributed by atoms with E-state index in [9.17, 15) is 4.79 Å². The van der Waals surface area contributed by atoms with Crippen LogP contribution in [0.25, 0.3) is 6.08 Å². The summed E-state index contributed by atoms with van der Waals surface area (Å²) in [6.07, 6.45) is 5.77. The van der Waals surface area contributed by atoms with Crippen molar-refractivity contribution in [1.82, 2.24) is 0 Å². The molecule has 0 aliphatic heterocycles. The number of fused-ring (bicyclic) bond motifs is 2. The van der Waals surface area contributed by atoms with Gasteiger partial charge in [-0.25, -0.2) is 0 Å². The highest BCUT2D eigenvalue weighted by Gasteiger charge is 2.46. The summed E-state index contributed by atoms with van der Waals surface area (Å²) in [5.74, 6) is 0.0270. The average Bonchev–Trinajstić information content (AvgIpc) is 2.74. The summed E-state index contributed by atoms with van der Waals surface area (Å²) < 4.78 is 1.81. The minimum Gasteiger partial charge on any atom is -0.289 e. The normalized spacial score (nSPS) is 16.9. The number of carbonyl (C=O) groups is 1. The molecule has 0 atom stereocenters. The third kappa shape index (κ3) is 2.84. The van der Waals surface area contributed by atoms with Crippen LogP contribution >= 0.6 is 31.9 Å². The zero-order chi connectivity index (χ0) is 20.0. The molecular weight excluding hydrogens is 488 g/mol. The van der Waals surface area contributed by atoms with Crippen LogP contribution in [-0.4, -0.2) is 5.78 Å². The molecule has 0 heterocycles. The molecule has 0 saturated heterocycles. The topological polar surface area (TPSA) is 17.1 Å². The Kier molecular flexibility index (Phi) is 4.53. The van der Waals surface area contributed by atoms with E-state index < -0.39 is 5.41 Å². The predicted octanol–water partition coefficient (Wildman–Crippen LogP) is 6.97. The number of halogens is 2. The molecule has 0 radical (unpaired) electrons. The van der Waals surface area contributed by atoms with Crippen LogP contribution in [0, 0.1) is 0 Å². The van der Waals surface area contributed by atoms with Gasteiger partial charge in [0, 0.05) is 20.6 Å². The van der Waals surface area contributed by atoms with Crippen molar-refractivity contribution >= 4 is 43.7 Å². The molecule has 0 aromatic heterocycles. The van der Waals surface area contributed by atoms with Crippen molar-refractivity contribution in [2.75, 3.05) is 0 Å². The lowest BCUT2D eigenvalue weighted by molar-refractivity contribution is -0.111. The summed E-state index contributed by atoms with van der Waals surface area (Å²) in [6, 6.07) is 27.2. The molecule has 3 aromatic rings. The Labute approximate surface area is 186 Å². The zero-order valence-electron chi connectivity index (χ0n) is 15.4. The maximum Gasteiger partial charge on any atom is 0.187 e. The van der Waals surface area contributed by atoms with Gasteiger partial charge in [-0.2, -0.15) is 0 Å². The summed E-state index contributed by atoms with van der Waals surface area (Å²) in [5, 5.41) is 0. The fourth-order valence-electron chi connectivity index (χ4n) is 4.50. The van der Waals surface area contributed by atoms with Gasteiger partial charge >= 0.3 is 0 Å². The zero-order valence-corrected chi connectivity index (χ0v) is 18.6. The maximum absolute atomic E-state index is 13.0. The first-order valence-electron chi connectivity index (χ1n) is 9.37. The quantitative estimate of drug-likeness (QED) is 0.369. The molecule has 29 heavy (non-hydrogen) atoms. The van der Waals surface area contributed by atoms with Gasteiger partial charge in [0.05, 0.1) is 5.41 Å². The summed E-state index contributed by atoms with van der Waals surface area (Å²) in [7, 11) is 0. The second-order valence-electron chi connectivity index (χ2n) is 7.22. The highest BCUT2D eigenvalue weighted by molar-refractivity contribution is 9.12. The Hall–Kier alpha value is -2.49. The van der Waals surface area contributed by atoms with Crippen LogP contribution in [0.2, 0.25) is 0 Å². The molecule has 2 aliphatic rings. The van der Waals surface area contributed by atoms with E-state index >= 15 is 0 Å². The first-order chi connectivity index (χ1) is 14.1. The molecule has 0 N–H and O–H groups in total. The Bertz CT molecular complexity index is 1180. The lowest BCUT2D eigenvalue weighted by Gasteiger charge is -2.43. The van der Waals surface area contributed by atoms with Gasteiger partial charge in [-0.05, 0) is 52.1 Å². The number of rotatable bonds is 2. The van der Waals surface area contributed by atoms with E-state index in [-0.39, 0.29) is 5.78 Å². The van der Waals surface area contributed by atoms with Crippen LogP contribution in [0.3, 0.4) is 0 Å². The van der Waals surface area contributed by atoms with Crippen LogP contribution < -0.4 is 0 Å². The van der Waals surface area contributed by atoms with Crippen LogP contribution in [0.5, 0.6) is 0 Å². The minimum atomic E-state index is -0.589. The van der Waals surface area contributed by atoms with Crippen molar-refractivity contribution in [3.63, 3.8) is 0 Å². The highest BCUT2D eigenvalue weighted by Crippen LogP contribution is 2.54. The number of carbonyl (C=O) groups excluding carboxylic acids is 1. The van der Waals surface area contributed by atoms with Crippen molar-refractivity contribution in [2.45, 2.75) is 5.41 Å². The number of allylic oxidation sites excluding steroid dienone is 5. The van der Waals surface area contributed by atoms with Gasteiger partial charge in [0.25, 0.3) is 0 Å². The van der Waals surface area contributed by atoms with Gasteiger partial charge in [-0.15, -0.1) is 0 Å². The lowest BCUT2D eigenvalue weighted by atomic mass is 9.58. The van der Waals surface area contributed by atoms with Crippen molar-refractivity contribution < 1.29 is 4.79 Å². The van der Waals surface area contributed by atoms with Gasteiger partial charge in [-0.1, -0.05) is 98.6 Å². The van der Waals surface area contributed by atoms with E-state index in [0.717, 1.165) is 42.4 Å². The van der Waals surface area contributed by atoms with Crippen molar-refractivity contribution in [3.8, 4) is 0 Å². The van der Waals surface area contributed by atoms with Crippen LogP contribution in [0.15, 0.2) is 111 Å². The third-order valence-corrected chi connectivity index (χ3v) is 6.59. The molecule has 1 nitrogen and oxygen atoms in total. The molecule has 5 rings (SSSR count). The molecule has 0 saturated carbocycles. The van der Waals surface area contributed by atoms with Gasteiger partial charge in [-0.3, -0.25) is 4.79 Å². The van der Waals surface area contributed by atoms with Gasteiger partial charge < -0.3 is 0 Å². The van der Waals surface area contributed by atoms with Crippen molar-refractivity contribution in [2.24, 2.45) is 0 Å². The number of hydrogen-bond acceptors (Lipinski definition) is 1. The molecule has 0 amide bonds. The standard InChI is InChI=1S/C26H16Br2O/c27-20-12-11-17-13-22-24(15-21(28)16-25(22)29)26(23(17)14-20,18-7-3-1-4-8-18)19-9-5-2-6-10-19/h1-16H. The summed E-state index contributed by atoms with van der Waals surface area (Å²) in [5.41, 5.74) is 5.65. The molecule has 0 bridgehead atoms. The fraction of sp³-hybridized carbons (Fsp3) is 0.0385. The first-order valence-corrected chi connectivity index (χ1v) is 11.0. The average molecular weight is 504 g/mol. The Morgan fingerprint density at radius 2 is 1.31 bits per heavy atom. The third-order valence-electron chi connectivity index (χ3n) is 5.64. The summed E-state index contributed by atoms with van der Waals surface area (Å²) in [6.45, 7) is 0. The smallest absolute Gasteiger partial charge is 0.187 e. The molecule has 0 fully saturated rings. The summed E-state index contributed by atoms with van der Waals surface area (Å²) >= 11 is 7.24. The van der Waals surface area contributed by atoms with Crippen LogP contribution in [0.1, 0.15) is 22.3 Å². The van der Waals surface area contributed by atoms with E-state index in [4.69, 9.17) is 0 Å². The molecular formula is C26H16Br2O. The molecule has 0 unspecified atom stereocenters. The van der Waals surface area contributed by atoms with Crippen LogP contribution in [0.4, 0.5) is 0 Å². The maximum atomic E-state index is 13.0. The van der Waals surface area contributed by atoms with Gasteiger partial charge in [0.2, 0.25) is 0 Å². The van der Waals surface area contributed by atoms with E-state index in [1.807, 2.05) is 24.3 Å². The van der Waals surface area contributed by atoms with Gasteiger partial charge in [0.1, 0.15) is 0 Å². The van der Waals surface area contributed by atoms with E-state index in [1.165, 1.54) is 0 Å². The molecule has 2 aliphatic carbocycles. The predicted molar refractivity (Wildman–Crippen MR) is 125 cm³/mol. The van der Waals surface area contributed by atoms with E-state index in [1.54, 1.807) is 6.08 Å². The molecule has 3 heteroatoms. The number of ketones is 1.